The van der Waals surface area contributed by atoms with Crippen LogP contribution in [0.5, 0.6) is 0 Å². The van der Waals surface area contributed by atoms with E-state index in [1.54, 1.807) is 6.20 Å². The van der Waals surface area contributed by atoms with E-state index in [1.165, 1.54) is 0 Å². The molecule has 1 unspecified atom stereocenters. The summed E-state index contributed by atoms with van der Waals surface area (Å²) in [6, 6.07) is 13.8. The molecule has 0 saturated heterocycles. The Labute approximate surface area is 104 Å². The third-order valence-electron chi connectivity index (χ3n) is 2.82. The molecule has 2 aromatic carbocycles. The van der Waals surface area contributed by atoms with Crippen LogP contribution in [0.3, 0.4) is 0 Å². The van der Waals surface area contributed by atoms with Crippen molar-refractivity contribution >= 4 is 24.4 Å². The predicted molar refractivity (Wildman–Crippen MR) is 68.8 cm³/mol. The second-order valence-electron chi connectivity index (χ2n) is 3.90. The minimum atomic E-state index is -2.67. The standard InChI is InChI=1S/C13H9N2O2P/c16-18(17)13-14-8-12(15-13)11-7-3-5-9-4-1-2-6-10(9)11/h1-8H,(H,14,15). The summed E-state index contributed by atoms with van der Waals surface area (Å²) in [7, 11) is -2.67. The Balaban J connectivity index is 2.21. The Morgan fingerprint density at radius 3 is 2.67 bits per heavy atom. The van der Waals surface area contributed by atoms with Crippen molar-refractivity contribution in [1.29, 1.82) is 0 Å². The molecule has 0 saturated carbocycles. The maximum Gasteiger partial charge on any atom is 0.389 e. The predicted octanol–water partition coefficient (Wildman–Crippen LogP) is 1.96. The first-order chi connectivity index (χ1) is 8.75. The number of imidazole rings is 1. The summed E-state index contributed by atoms with van der Waals surface area (Å²) in [4.78, 5) is 17.5. The van der Waals surface area contributed by atoms with Crippen LogP contribution < -0.4 is 10.5 Å². The number of benzene rings is 2. The van der Waals surface area contributed by atoms with Gasteiger partial charge in [0.2, 0.25) is 0 Å². The number of aromatic amines is 1. The molecule has 0 aliphatic rings. The number of nitrogens with one attached hydrogen (secondary N) is 1. The minimum absolute atomic E-state index is 0.00654. The number of hydrogen-bond acceptors (Lipinski definition) is 3. The van der Waals surface area contributed by atoms with Gasteiger partial charge in [0.05, 0.1) is 11.9 Å². The van der Waals surface area contributed by atoms with Crippen molar-refractivity contribution in [2.75, 3.05) is 0 Å². The first-order valence-electron chi connectivity index (χ1n) is 5.43. The van der Waals surface area contributed by atoms with Crippen LogP contribution in [0, 0.1) is 0 Å². The van der Waals surface area contributed by atoms with E-state index >= 15 is 0 Å². The second-order valence-corrected chi connectivity index (χ2v) is 4.84. The van der Waals surface area contributed by atoms with Gasteiger partial charge in [-0.1, -0.05) is 47.0 Å². The summed E-state index contributed by atoms with van der Waals surface area (Å²) in [6.07, 6.45) is 1.54. The quantitative estimate of drug-likeness (QED) is 0.712. The molecule has 0 fully saturated rings. The lowest BCUT2D eigenvalue weighted by atomic mass is 10.0. The van der Waals surface area contributed by atoms with Gasteiger partial charge in [0.25, 0.3) is 0 Å². The summed E-state index contributed by atoms with van der Waals surface area (Å²) in [5, 5.41) is 2.17. The van der Waals surface area contributed by atoms with E-state index in [2.05, 4.69) is 9.97 Å². The molecule has 1 atom stereocenters. The zero-order valence-electron chi connectivity index (χ0n) is 9.33. The van der Waals surface area contributed by atoms with Crippen LogP contribution in [0.25, 0.3) is 22.0 Å². The summed E-state index contributed by atoms with van der Waals surface area (Å²) < 4.78 is 10.9. The molecule has 5 heteroatoms. The van der Waals surface area contributed by atoms with Crippen LogP contribution in [-0.2, 0) is 4.57 Å². The highest BCUT2D eigenvalue weighted by Gasteiger charge is 2.14. The van der Waals surface area contributed by atoms with Crippen molar-refractivity contribution in [2.24, 2.45) is 0 Å². The Hall–Kier alpha value is -2.03. The van der Waals surface area contributed by atoms with Crippen molar-refractivity contribution in [2.45, 2.75) is 0 Å². The Kier molecular flexibility index (Phi) is 2.67. The van der Waals surface area contributed by atoms with E-state index < -0.39 is 8.03 Å². The molecule has 0 aliphatic heterocycles. The van der Waals surface area contributed by atoms with Gasteiger partial charge in [-0.2, -0.15) is 4.98 Å². The van der Waals surface area contributed by atoms with Crippen molar-refractivity contribution < 1.29 is 9.46 Å². The lowest BCUT2D eigenvalue weighted by molar-refractivity contribution is -0.161. The lowest BCUT2D eigenvalue weighted by Crippen LogP contribution is -2.07. The van der Waals surface area contributed by atoms with E-state index in [0.29, 0.717) is 5.69 Å². The number of H-pyrrole nitrogens is 1. The van der Waals surface area contributed by atoms with Gasteiger partial charge in [-0.05, 0) is 10.8 Å². The first kappa shape index (κ1) is 11.1. The van der Waals surface area contributed by atoms with E-state index in [4.69, 9.17) is 0 Å². The van der Waals surface area contributed by atoms with Gasteiger partial charge in [-0.25, -0.2) is 0 Å². The van der Waals surface area contributed by atoms with Gasteiger partial charge >= 0.3 is 13.6 Å². The molecular formula is C13H9N2O2P. The van der Waals surface area contributed by atoms with Crippen LogP contribution in [0.2, 0.25) is 0 Å². The van der Waals surface area contributed by atoms with Crippen LogP contribution >= 0.6 is 8.03 Å². The number of fused-ring (bicyclic) bond motifs is 1. The SMILES string of the molecule is O=[P+]([O-])c1ncc(-c2cccc3ccccc23)[nH]1. The van der Waals surface area contributed by atoms with Gasteiger partial charge in [-0.3, -0.25) is 4.98 Å². The van der Waals surface area contributed by atoms with Gasteiger partial charge < -0.3 is 4.89 Å². The smallest absolute Gasteiger partial charge is 0.389 e. The number of rotatable bonds is 2. The minimum Gasteiger partial charge on any atom is -0.588 e. The molecule has 0 amide bonds. The molecule has 88 valence electrons. The van der Waals surface area contributed by atoms with Gasteiger partial charge in [0.1, 0.15) is 0 Å². The van der Waals surface area contributed by atoms with E-state index in [-0.39, 0.29) is 5.57 Å². The molecule has 18 heavy (non-hydrogen) atoms. The largest absolute Gasteiger partial charge is 0.588 e. The molecule has 3 aromatic rings. The summed E-state index contributed by atoms with van der Waals surface area (Å²) in [5.41, 5.74) is 1.65. The lowest BCUT2D eigenvalue weighted by Gasteiger charge is -2.03. The number of hydrogen-bond donors (Lipinski definition) is 1. The first-order valence-corrected chi connectivity index (χ1v) is 6.61. The topological polar surface area (TPSA) is 68.8 Å². The molecule has 1 heterocycles. The maximum atomic E-state index is 10.9. The summed E-state index contributed by atoms with van der Waals surface area (Å²) in [6.45, 7) is 0. The average molecular weight is 256 g/mol. The Morgan fingerprint density at radius 2 is 1.89 bits per heavy atom. The molecule has 3 rings (SSSR count). The molecule has 0 bridgehead atoms. The van der Waals surface area contributed by atoms with E-state index in [9.17, 15) is 9.46 Å². The molecule has 0 radical (unpaired) electrons. The normalized spacial score (nSPS) is 11.7. The van der Waals surface area contributed by atoms with Crippen molar-refractivity contribution in [3.63, 3.8) is 0 Å². The van der Waals surface area contributed by atoms with Crippen LogP contribution in [0.15, 0.2) is 48.7 Å². The van der Waals surface area contributed by atoms with E-state index in [1.807, 2.05) is 42.5 Å². The fourth-order valence-corrected chi connectivity index (χ4v) is 2.36. The van der Waals surface area contributed by atoms with Gasteiger partial charge in [-0.15, -0.1) is 0 Å². The molecule has 1 N–H and O–H groups in total. The Morgan fingerprint density at radius 1 is 1.11 bits per heavy atom. The number of aromatic nitrogens is 2. The fourth-order valence-electron chi connectivity index (χ4n) is 2.00. The van der Waals surface area contributed by atoms with Crippen LogP contribution in [0.1, 0.15) is 0 Å². The van der Waals surface area contributed by atoms with Gasteiger partial charge in [0.15, 0.2) is 0 Å². The fraction of sp³-hybridized carbons (Fsp3) is 0. The van der Waals surface area contributed by atoms with E-state index in [0.717, 1.165) is 16.3 Å². The van der Waals surface area contributed by atoms with Crippen molar-refractivity contribution in [3.8, 4) is 11.3 Å². The zero-order chi connectivity index (χ0) is 12.5. The summed E-state index contributed by atoms with van der Waals surface area (Å²) >= 11 is 0. The Bertz CT molecular complexity index is 731. The summed E-state index contributed by atoms with van der Waals surface area (Å²) in [5.74, 6) is 0. The van der Waals surface area contributed by atoms with Gasteiger partial charge in [0, 0.05) is 5.56 Å². The average Bonchev–Trinajstić information content (AvgIpc) is 2.87. The highest BCUT2D eigenvalue weighted by atomic mass is 31.1. The number of nitrogens with zero attached hydrogens (tertiary/aromatic N) is 1. The molecule has 4 nitrogen and oxygen atoms in total. The molecule has 0 spiro atoms. The van der Waals surface area contributed by atoms with Crippen LogP contribution in [-0.4, -0.2) is 9.97 Å². The maximum absolute atomic E-state index is 10.9. The van der Waals surface area contributed by atoms with Crippen LogP contribution in [0.4, 0.5) is 0 Å². The zero-order valence-corrected chi connectivity index (χ0v) is 10.2. The van der Waals surface area contributed by atoms with Crippen molar-refractivity contribution in [3.05, 3.63) is 48.7 Å². The highest BCUT2D eigenvalue weighted by Crippen LogP contribution is 2.26. The third kappa shape index (κ3) is 1.82. The molecule has 0 aliphatic carbocycles. The molecular weight excluding hydrogens is 247 g/mol. The monoisotopic (exact) mass is 256 g/mol. The van der Waals surface area contributed by atoms with Crippen molar-refractivity contribution in [1.82, 2.24) is 9.97 Å². The molecule has 1 aromatic heterocycles. The second kappa shape index (κ2) is 4.33. The highest BCUT2D eigenvalue weighted by molar-refractivity contribution is 7.45. The third-order valence-corrected chi connectivity index (χ3v) is 3.39.